The van der Waals surface area contributed by atoms with Crippen molar-refractivity contribution in [2.24, 2.45) is 11.8 Å². The lowest BCUT2D eigenvalue weighted by Gasteiger charge is -2.27. The number of hydrogen-bond donors (Lipinski definition) is 0. The Kier molecular flexibility index (Phi) is 8.55. The van der Waals surface area contributed by atoms with Gasteiger partial charge in [0.1, 0.15) is 0 Å². The molecule has 0 spiro atoms. The Morgan fingerprint density at radius 2 is 0.882 bits per heavy atom. The molecule has 2 atom stereocenters. The molecule has 7 aromatic rings. The summed E-state index contributed by atoms with van der Waals surface area (Å²) in [5.74, 6) is 1.71. The van der Waals surface area contributed by atoms with Crippen LogP contribution in [0.4, 0.5) is 17.1 Å². The standard InChI is InChI=1S/C50H43N/c1-3-11-38(12-4-1)41-16-9-18-47(34-41)51(48-19-10-17-42(35-48)39-13-5-2-6-14-39)46-28-25-40(26-29-46)43-27-30-50-45(33-43)24-23-36-21-22-37(31-36)32-44-15-7-8-20-49(44)50/h1-20,25-30,33-37H,21-24,31-32H2. The van der Waals surface area contributed by atoms with E-state index in [1.165, 1.54) is 87.7 Å². The number of hydrogen-bond acceptors (Lipinski definition) is 1. The molecular formula is C50H43N. The van der Waals surface area contributed by atoms with Crippen LogP contribution in [-0.4, -0.2) is 0 Å². The zero-order valence-electron chi connectivity index (χ0n) is 29.1. The number of rotatable bonds is 6. The Morgan fingerprint density at radius 1 is 0.353 bits per heavy atom. The molecule has 0 radical (unpaired) electrons. The average Bonchev–Trinajstić information content (AvgIpc) is 3.65. The molecule has 0 heterocycles. The average molecular weight is 658 g/mol. The molecule has 1 nitrogen and oxygen atoms in total. The van der Waals surface area contributed by atoms with Crippen LogP contribution in [0.1, 0.15) is 36.8 Å². The second-order valence-corrected chi connectivity index (χ2v) is 14.5. The summed E-state index contributed by atoms with van der Waals surface area (Å²) < 4.78 is 0. The highest BCUT2D eigenvalue weighted by Crippen LogP contribution is 2.42. The number of fused-ring (bicyclic) bond motifs is 5. The van der Waals surface area contributed by atoms with Gasteiger partial charge >= 0.3 is 0 Å². The van der Waals surface area contributed by atoms with E-state index in [0.29, 0.717) is 0 Å². The molecule has 9 rings (SSSR count). The topological polar surface area (TPSA) is 3.24 Å². The highest BCUT2D eigenvalue weighted by Gasteiger charge is 2.27. The molecule has 0 N–H and O–H groups in total. The van der Waals surface area contributed by atoms with Crippen molar-refractivity contribution in [3.05, 3.63) is 187 Å². The summed E-state index contributed by atoms with van der Waals surface area (Å²) in [5, 5.41) is 0. The first kappa shape index (κ1) is 31.3. The molecule has 2 bridgehead atoms. The molecule has 0 saturated heterocycles. The van der Waals surface area contributed by atoms with Crippen LogP contribution in [0.25, 0.3) is 44.5 Å². The maximum absolute atomic E-state index is 2.49. The van der Waals surface area contributed by atoms with Gasteiger partial charge in [-0.2, -0.15) is 0 Å². The molecule has 7 aromatic carbocycles. The van der Waals surface area contributed by atoms with Crippen LogP contribution in [0.15, 0.2) is 176 Å². The predicted molar refractivity (Wildman–Crippen MR) is 216 cm³/mol. The van der Waals surface area contributed by atoms with Gasteiger partial charge in [-0.15, -0.1) is 0 Å². The lowest BCUT2D eigenvalue weighted by Crippen LogP contribution is -2.10. The Balaban J connectivity index is 1.10. The van der Waals surface area contributed by atoms with Gasteiger partial charge in [-0.1, -0.05) is 146 Å². The molecule has 1 saturated carbocycles. The molecule has 0 aliphatic heterocycles. The van der Waals surface area contributed by atoms with E-state index >= 15 is 0 Å². The van der Waals surface area contributed by atoms with Crippen molar-refractivity contribution in [3.63, 3.8) is 0 Å². The van der Waals surface area contributed by atoms with Gasteiger partial charge in [-0.25, -0.2) is 0 Å². The van der Waals surface area contributed by atoms with Crippen LogP contribution in [0.5, 0.6) is 0 Å². The highest BCUT2D eigenvalue weighted by molar-refractivity contribution is 5.84. The smallest absolute Gasteiger partial charge is 0.0467 e. The highest BCUT2D eigenvalue weighted by atomic mass is 15.1. The van der Waals surface area contributed by atoms with E-state index in [4.69, 9.17) is 0 Å². The maximum atomic E-state index is 2.49. The molecular weight excluding hydrogens is 615 g/mol. The van der Waals surface area contributed by atoms with E-state index in [2.05, 4.69) is 181 Å². The molecule has 2 unspecified atom stereocenters. The van der Waals surface area contributed by atoms with Gasteiger partial charge in [0.05, 0.1) is 0 Å². The summed E-state index contributed by atoms with van der Waals surface area (Å²) >= 11 is 0. The molecule has 1 heteroatoms. The lowest BCUT2D eigenvalue weighted by molar-refractivity contribution is 0.462. The largest absolute Gasteiger partial charge is 0.310 e. The first-order valence-electron chi connectivity index (χ1n) is 18.7. The Hall–Kier alpha value is -5.66. The Labute approximate surface area is 302 Å². The van der Waals surface area contributed by atoms with E-state index in [0.717, 1.165) is 35.3 Å². The normalized spacial score (nSPS) is 16.5. The number of nitrogens with zero attached hydrogens (tertiary/aromatic N) is 1. The van der Waals surface area contributed by atoms with Crippen LogP contribution >= 0.6 is 0 Å². The molecule has 2 aliphatic rings. The first-order valence-corrected chi connectivity index (χ1v) is 18.7. The van der Waals surface area contributed by atoms with Gasteiger partial charge in [-0.05, 0) is 136 Å². The minimum atomic E-state index is 0.844. The third-order valence-electron chi connectivity index (χ3n) is 11.3. The van der Waals surface area contributed by atoms with Crippen molar-refractivity contribution in [1.82, 2.24) is 0 Å². The summed E-state index contributed by atoms with van der Waals surface area (Å²) in [6.45, 7) is 0. The van der Waals surface area contributed by atoms with Crippen molar-refractivity contribution in [2.75, 3.05) is 4.90 Å². The number of anilines is 3. The summed E-state index contributed by atoms with van der Waals surface area (Å²) in [5.41, 5.74) is 16.7. The molecule has 2 aliphatic carbocycles. The van der Waals surface area contributed by atoms with Crippen LogP contribution in [0, 0.1) is 11.8 Å². The van der Waals surface area contributed by atoms with Gasteiger partial charge in [0.15, 0.2) is 0 Å². The monoisotopic (exact) mass is 657 g/mol. The lowest BCUT2D eigenvalue weighted by atomic mass is 9.84. The fourth-order valence-electron chi connectivity index (χ4n) is 8.66. The van der Waals surface area contributed by atoms with Crippen molar-refractivity contribution in [2.45, 2.75) is 38.5 Å². The van der Waals surface area contributed by atoms with Gasteiger partial charge < -0.3 is 4.90 Å². The van der Waals surface area contributed by atoms with Crippen LogP contribution < -0.4 is 4.90 Å². The fraction of sp³-hybridized carbons (Fsp3) is 0.160. The second kappa shape index (κ2) is 13.9. The Bertz CT molecular complexity index is 2180. The third-order valence-corrected chi connectivity index (χ3v) is 11.3. The van der Waals surface area contributed by atoms with Gasteiger partial charge in [0, 0.05) is 17.1 Å². The molecule has 51 heavy (non-hydrogen) atoms. The van der Waals surface area contributed by atoms with E-state index in [1.54, 1.807) is 0 Å². The fourth-order valence-corrected chi connectivity index (χ4v) is 8.66. The molecule has 1 fully saturated rings. The minimum absolute atomic E-state index is 0.844. The molecule has 0 aromatic heterocycles. The van der Waals surface area contributed by atoms with E-state index < -0.39 is 0 Å². The van der Waals surface area contributed by atoms with Crippen LogP contribution in [0.2, 0.25) is 0 Å². The van der Waals surface area contributed by atoms with E-state index in [9.17, 15) is 0 Å². The quantitative estimate of drug-likeness (QED) is 0.172. The van der Waals surface area contributed by atoms with Crippen LogP contribution in [0.3, 0.4) is 0 Å². The second-order valence-electron chi connectivity index (χ2n) is 14.5. The number of aryl methyl sites for hydroxylation is 1. The van der Waals surface area contributed by atoms with Crippen LogP contribution in [-0.2, 0) is 12.8 Å². The SMILES string of the molecule is c1ccc(-c2cccc(N(c3ccc(-c4ccc5c(c4)CCC4CCC(Cc6ccccc6-5)C4)cc3)c3cccc(-c4ccccc4)c3)c2)cc1. The number of benzene rings is 7. The maximum Gasteiger partial charge on any atom is 0.0467 e. The van der Waals surface area contributed by atoms with Crippen molar-refractivity contribution < 1.29 is 0 Å². The van der Waals surface area contributed by atoms with Crippen molar-refractivity contribution >= 4 is 17.1 Å². The van der Waals surface area contributed by atoms with Crippen molar-refractivity contribution in [1.29, 1.82) is 0 Å². The zero-order valence-corrected chi connectivity index (χ0v) is 29.1. The zero-order chi connectivity index (χ0) is 34.0. The van der Waals surface area contributed by atoms with E-state index in [1.807, 2.05) is 0 Å². The van der Waals surface area contributed by atoms with Gasteiger partial charge in [0.2, 0.25) is 0 Å². The third kappa shape index (κ3) is 6.53. The minimum Gasteiger partial charge on any atom is -0.310 e. The first-order chi connectivity index (χ1) is 25.2. The predicted octanol–water partition coefficient (Wildman–Crippen LogP) is 13.7. The van der Waals surface area contributed by atoms with Crippen molar-refractivity contribution in [3.8, 4) is 44.5 Å². The summed E-state index contributed by atoms with van der Waals surface area (Å²) in [6, 6.07) is 64.7. The molecule has 0 amide bonds. The van der Waals surface area contributed by atoms with E-state index in [-0.39, 0.29) is 0 Å². The summed E-state index contributed by atoms with van der Waals surface area (Å²) in [6.07, 6.45) is 7.83. The summed E-state index contributed by atoms with van der Waals surface area (Å²) in [7, 11) is 0. The van der Waals surface area contributed by atoms with Gasteiger partial charge in [-0.3, -0.25) is 0 Å². The molecule has 248 valence electrons. The van der Waals surface area contributed by atoms with Gasteiger partial charge in [0.25, 0.3) is 0 Å². The summed E-state index contributed by atoms with van der Waals surface area (Å²) in [4.78, 5) is 2.39. The Morgan fingerprint density at radius 3 is 1.57 bits per heavy atom.